The summed E-state index contributed by atoms with van der Waals surface area (Å²) in [4.78, 5) is 0. The zero-order chi connectivity index (χ0) is 8.97. The molecule has 0 saturated heterocycles. The molecule has 1 aromatic rings. The van der Waals surface area contributed by atoms with Crippen LogP contribution in [0.3, 0.4) is 0 Å². The quantitative estimate of drug-likeness (QED) is 0.749. The van der Waals surface area contributed by atoms with E-state index in [1.54, 1.807) is 0 Å². The van der Waals surface area contributed by atoms with Crippen molar-refractivity contribution in [2.75, 3.05) is 12.6 Å². The molecule has 0 radical (unpaired) electrons. The Labute approximate surface area is 78.4 Å². The fourth-order valence-corrected chi connectivity index (χ4v) is 1.07. The average Bonchev–Trinajstić information content (AvgIpc) is 2.08. The van der Waals surface area contributed by atoms with Crippen LogP contribution in [0.25, 0.3) is 0 Å². The van der Waals surface area contributed by atoms with Crippen LogP contribution in [0.1, 0.15) is 0 Å². The number of rotatable bonds is 3. The highest BCUT2D eigenvalue weighted by molar-refractivity contribution is 9.09. The molecule has 0 aliphatic rings. The normalized spacial score (nSPS) is 9.58. The summed E-state index contributed by atoms with van der Waals surface area (Å²) in [5.41, 5.74) is 0.356. The van der Waals surface area contributed by atoms with Crippen molar-refractivity contribution < 1.29 is 13.9 Å². The number of methoxy groups -OCH3 is 1. The van der Waals surface area contributed by atoms with Crippen LogP contribution < -0.4 is 9.47 Å². The summed E-state index contributed by atoms with van der Waals surface area (Å²) in [6, 6.07) is 4.12. The predicted octanol–water partition coefficient (Wildman–Crippen LogP) is 2.57. The van der Waals surface area contributed by atoms with Gasteiger partial charge in [0.1, 0.15) is 11.3 Å². The van der Waals surface area contributed by atoms with E-state index in [4.69, 9.17) is 9.47 Å². The standard InChI is InChI=1S/C8H8BrFO2/c1-11-8-4-6(10)2-3-7(8)12-5-9/h2-4H,5H2,1H3. The van der Waals surface area contributed by atoms with Crippen molar-refractivity contribution in [2.24, 2.45) is 0 Å². The predicted molar refractivity (Wildman–Crippen MR) is 47.4 cm³/mol. The number of halogens is 2. The van der Waals surface area contributed by atoms with Gasteiger partial charge in [-0.2, -0.15) is 0 Å². The van der Waals surface area contributed by atoms with Gasteiger partial charge in [-0.3, -0.25) is 0 Å². The van der Waals surface area contributed by atoms with Crippen molar-refractivity contribution in [3.63, 3.8) is 0 Å². The average molecular weight is 235 g/mol. The first-order chi connectivity index (χ1) is 5.77. The van der Waals surface area contributed by atoms with Crippen LogP contribution in [0.15, 0.2) is 18.2 Å². The van der Waals surface area contributed by atoms with Gasteiger partial charge in [-0.15, -0.1) is 0 Å². The lowest BCUT2D eigenvalue weighted by Crippen LogP contribution is -1.93. The molecule has 0 saturated carbocycles. The van der Waals surface area contributed by atoms with E-state index in [1.165, 1.54) is 25.3 Å². The van der Waals surface area contributed by atoms with E-state index in [-0.39, 0.29) is 5.82 Å². The number of hydrogen-bond donors (Lipinski definition) is 0. The van der Waals surface area contributed by atoms with E-state index in [9.17, 15) is 4.39 Å². The number of benzene rings is 1. The fourth-order valence-electron chi connectivity index (χ4n) is 0.819. The maximum absolute atomic E-state index is 12.6. The van der Waals surface area contributed by atoms with E-state index in [1.807, 2.05) is 0 Å². The number of alkyl halides is 1. The van der Waals surface area contributed by atoms with Crippen LogP contribution in [0.4, 0.5) is 4.39 Å². The summed E-state index contributed by atoms with van der Waals surface area (Å²) in [5, 5.41) is 0. The van der Waals surface area contributed by atoms with Crippen molar-refractivity contribution in [3.8, 4) is 11.5 Å². The van der Waals surface area contributed by atoms with Gasteiger partial charge in [0.15, 0.2) is 11.5 Å². The highest BCUT2D eigenvalue weighted by Crippen LogP contribution is 2.27. The molecule has 0 spiro atoms. The van der Waals surface area contributed by atoms with E-state index in [2.05, 4.69) is 15.9 Å². The molecule has 0 bridgehead atoms. The maximum atomic E-state index is 12.6. The Morgan fingerprint density at radius 1 is 1.42 bits per heavy atom. The summed E-state index contributed by atoms with van der Waals surface area (Å²) < 4.78 is 22.6. The van der Waals surface area contributed by atoms with Crippen molar-refractivity contribution in [1.82, 2.24) is 0 Å². The number of ether oxygens (including phenoxy) is 2. The lowest BCUT2D eigenvalue weighted by molar-refractivity contribution is 0.344. The van der Waals surface area contributed by atoms with Crippen molar-refractivity contribution in [3.05, 3.63) is 24.0 Å². The van der Waals surface area contributed by atoms with Crippen molar-refractivity contribution >= 4 is 15.9 Å². The molecule has 1 rings (SSSR count). The minimum atomic E-state index is -0.339. The summed E-state index contributed by atoms with van der Waals surface area (Å²) >= 11 is 3.10. The molecule has 0 N–H and O–H groups in total. The molecule has 0 heterocycles. The zero-order valence-corrected chi connectivity index (χ0v) is 8.10. The molecule has 4 heteroatoms. The Hall–Kier alpha value is -0.770. The van der Waals surface area contributed by atoms with Crippen LogP contribution in [0, 0.1) is 5.82 Å². The Balaban J connectivity index is 2.94. The van der Waals surface area contributed by atoms with E-state index >= 15 is 0 Å². The first-order valence-electron chi connectivity index (χ1n) is 3.30. The molecule has 0 unspecified atom stereocenters. The third kappa shape index (κ3) is 2.11. The van der Waals surface area contributed by atoms with Gasteiger partial charge in [0.25, 0.3) is 0 Å². The highest BCUT2D eigenvalue weighted by Gasteiger charge is 2.03. The largest absolute Gasteiger partial charge is 0.493 e. The molecule has 0 aliphatic heterocycles. The van der Waals surface area contributed by atoms with Gasteiger partial charge in [-0.05, 0) is 28.1 Å². The molecular weight excluding hydrogens is 227 g/mol. The second-order valence-corrected chi connectivity index (χ2v) is 2.51. The zero-order valence-electron chi connectivity index (χ0n) is 6.51. The molecule has 0 aliphatic carbocycles. The van der Waals surface area contributed by atoms with Crippen LogP contribution in [-0.2, 0) is 0 Å². The third-order valence-corrected chi connectivity index (χ3v) is 1.56. The van der Waals surface area contributed by atoms with Gasteiger partial charge in [0.2, 0.25) is 0 Å². The molecule has 0 atom stereocenters. The van der Waals surface area contributed by atoms with Gasteiger partial charge in [0.05, 0.1) is 7.11 Å². The minimum absolute atomic E-state index is 0.339. The van der Waals surface area contributed by atoms with Crippen molar-refractivity contribution in [2.45, 2.75) is 0 Å². The maximum Gasteiger partial charge on any atom is 0.163 e. The van der Waals surface area contributed by atoms with Crippen LogP contribution in [0.5, 0.6) is 11.5 Å². The minimum Gasteiger partial charge on any atom is -0.493 e. The molecule has 1 aromatic carbocycles. The van der Waals surface area contributed by atoms with Crippen LogP contribution in [-0.4, -0.2) is 12.6 Å². The summed E-state index contributed by atoms with van der Waals surface area (Å²) in [6.07, 6.45) is 0. The van der Waals surface area contributed by atoms with Crippen LogP contribution >= 0.6 is 15.9 Å². The van der Waals surface area contributed by atoms with Gasteiger partial charge in [0, 0.05) is 6.07 Å². The Kier molecular flexibility index (Phi) is 3.34. The lowest BCUT2D eigenvalue weighted by atomic mass is 10.3. The fraction of sp³-hybridized carbons (Fsp3) is 0.250. The molecule has 66 valence electrons. The molecule has 2 nitrogen and oxygen atoms in total. The van der Waals surface area contributed by atoms with E-state index in [0.717, 1.165) is 0 Å². The van der Waals surface area contributed by atoms with Crippen molar-refractivity contribution in [1.29, 1.82) is 0 Å². The second kappa shape index (κ2) is 4.30. The Bertz CT molecular complexity index is 265. The topological polar surface area (TPSA) is 18.5 Å². The summed E-state index contributed by atoms with van der Waals surface area (Å²) in [6.45, 7) is 0. The molecule has 12 heavy (non-hydrogen) atoms. The first-order valence-corrected chi connectivity index (χ1v) is 4.42. The second-order valence-electron chi connectivity index (χ2n) is 2.05. The van der Waals surface area contributed by atoms with Gasteiger partial charge < -0.3 is 9.47 Å². The third-order valence-electron chi connectivity index (χ3n) is 1.34. The highest BCUT2D eigenvalue weighted by atomic mass is 79.9. The Morgan fingerprint density at radius 3 is 2.75 bits per heavy atom. The van der Waals surface area contributed by atoms with Gasteiger partial charge in [-0.25, -0.2) is 4.39 Å². The van der Waals surface area contributed by atoms with Gasteiger partial charge in [-0.1, -0.05) is 0 Å². The Morgan fingerprint density at radius 2 is 2.17 bits per heavy atom. The molecule has 0 aromatic heterocycles. The summed E-state index contributed by atoms with van der Waals surface area (Å²) in [5.74, 6) is 0.582. The smallest absolute Gasteiger partial charge is 0.163 e. The summed E-state index contributed by atoms with van der Waals surface area (Å²) in [7, 11) is 1.47. The molecular formula is C8H8BrFO2. The monoisotopic (exact) mass is 234 g/mol. The van der Waals surface area contributed by atoms with Crippen LogP contribution in [0.2, 0.25) is 0 Å². The first kappa shape index (κ1) is 9.32. The SMILES string of the molecule is COc1cc(F)ccc1OCBr. The lowest BCUT2D eigenvalue weighted by Gasteiger charge is -2.07. The van der Waals surface area contributed by atoms with Gasteiger partial charge >= 0.3 is 0 Å². The molecule has 0 amide bonds. The van der Waals surface area contributed by atoms with E-state index < -0.39 is 0 Å². The number of hydrogen-bond acceptors (Lipinski definition) is 2. The molecule has 0 fully saturated rings. The van der Waals surface area contributed by atoms with E-state index in [0.29, 0.717) is 17.0 Å².